The molecule has 0 bridgehead atoms. The van der Waals surface area contributed by atoms with Crippen molar-refractivity contribution in [2.24, 2.45) is 5.92 Å². The highest BCUT2D eigenvalue weighted by Gasteiger charge is 2.29. The molecule has 2 rings (SSSR count). The summed E-state index contributed by atoms with van der Waals surface area (Å²) in [6.07, 6.45) is 5.01. The summed E-state index contributed by atoms with van der Waals surface area (Å²) in [5.41, 5.74) is 0. The summed E-state index contributed by atoms with van der Waals surface area (Å²) < 4.78 is 0. The third kappa shape index (κ3) is 2.74. The highest BCUT2D eigenvalue weighted by Crippen LogP contribution is 2.21. The molecule has 4 nitrogen and oxygen atoms in total. The molecule has 2 N–H and O–H groups in total. The summed E-state index contributed by atoms with van der Waals surface area (Å²) in [5.74, 6) is 0.742. The van der Waals surface area contributed by atoms with Crippen molar-refractivity contribution < 1.29 is 9.90 Å². The number of likely N-dealkylation sites (tertiary alicyclic amines) is 1. The topological polar surface area (TPSA) is 52.6 Å². The number of hydrogen-bond donors (Lipinski definition) is 2. The number of hydrogen-bond acceptors (Lipinski definition) is 3. The van der Waals surface area contributed by atoms with E-state index >= 15 is 0 Å². The van der Waals surface area contributed by atoms with Crippen molar-refractivity contribution in [3.63, 3.8) is 0 Å². The van der Waals surface area contributed by atoms with Gasteiger partial charge in [0.15, 0.2) is 0 Å². The molecule has 2 aliphatic heterocycles. The smallest absolute Gasteiger partial charge is 0.223 e. The van der Waals surface area contributed by atoms with Crippen LogP contribution >= 0.6 is 0 Å². The zero-order valence-corrected chi connectivity index (χ0v) is 9.82. The Morgan fingerprint density at radius 1 is 1.38 bits per heavy atom. The van der Waals surface area contributed by atoms with Crippen molar-refractivity contribution in [3.8, 4) is 0 Å². The first kappa shape index (κ1) is 11.9. The molecule has 4 heteroatoms. The van der Waals surface area contributed by atoms with Gasteiger partial charge in [0.05, 0.1) is 12.6 Å². The number of rotatable bonds is 3. The predicted molar refractivity (Wildman–Crippen MR) is 62.0 cm³/mol. The van der Waals surface area contributed by atoms with Crippen LogP contribution in [0.3, 0.4) is 0 Å². The van der Waals surface area contributed by atoms with Gasteiger partial charge >= 0.3 is 0 Å². The Morgan fingerprint density at radius 2 is 2.25 bits per heavy atom. The fraction of sp³-hybridized carbons (Fsp3) is 0.917. The number of nitrogens with zero attached hydrogens (tertiary/aromatic N) is 1. The first-order chi connectivity index (χ1) is 7.81. The Labute approximate surface area is 97.0 Å². The maximum absolute atomic E-state index is 12.1. The Bertz CT molecular complexity index is 239. The molecule has 0 saturated carbocycles. The first-order valence-corrected chi connectivity index (χ1v) is 6.42. The van der Waals surface area contributed by atoms with Gasteiger partial charge in [-0.1, -0.05) is 0 Å². The molecule has 2 fully saturated rings. The van der Waals surface area contributed by atoms with Crippen LogP contribution in [0.2, 0.25) is 0 Å². The number of piperidine rings is 1. The molecule has 2 saturated heterocycles. The van der Waals surface area contributed by atoms with E-state index in [1.807, 2.05) is 4.90 Å². The van der Waals surface area contributed by atoms with Gasteiger partial charge in [0.1, 0.15) is 0 Å². The summed E-state index contributed by atoms with van der Waals surface area (Å²) >= 11 is 0. The third-order valence-electron chi connectivity index (χ3n) is 3.77. The van der Waals surface area contributed by atoms with Crippen LogP contribution < -0.4 is 5.32 Å². The molecule has 0 spiro atoms. The standard InChI is InChI=1S/C12H22N2O2/c15-9-11-4-2-6-14(11)12(16)7-10-3-1-5-13-8-10/h10-11,13,15H,1-9H2/t10?,11-/m1/s1. The molecule has 2 aliphatic rings. The van der Waals surface area contributed by atoms with Crippen molar-refractivity contribution >= 4 is 5.91 Å². The van der Waals surface area contributed by atoms with E-state index in [9.17, 15) is 9.90 Å². The Kier molecular flexibility index (Phi) is 4.18. The number of aliphatic hydroxyl groups excluding tert-OH is 1. The largest absolute Gasteiger partial charge is 0.394 e. The Hall–Kier alpha value is -0.610. The number of carbonyl (C=O) groups is 1. The van der Waals surface area contributed by atoms with Crippen LogP contribution in [0.5, 0.6) is 0 Å². The van der Waals surface area contributed by atoms with Crippen molar-refractivity contribution in [3.05, 3.63) is 0 Å². The van der Waals surface area contributed by atoms with Gasteiger partial charge in [0.2, 0.25) is 5.91 Å². The quantitative estimate of drug-likeness (QED) is 0.730. The van der Waals surface area contributed by atoms with Gasteiger partial charge < -0.3 is 15.3 Å². The molecule has 0 aromatic rings. The SMILES string of the molecule is O=C(CC1CCCNC1)N1CCC[C@@H]1CO. The van der Waals surface area contributed by atoms with Crippen LogP contribution in [0.1, 0.15) is 32.1 Å². The highest BCUT2D eigenvalue weighted by atomic mass is 16.3. The molecular formula is C12H22N2O2. The molecule has 2 heterocycles. The van der Waals surface area contributed by atoms with E-state index < -0.39 is 0 Å². The number of aliphatic hydroxyl groups is 1. The van der Waals surface area contributed by atoms with Crippen LogP contribution in [0.25, 0.3) is 0 Å². The average Bonchev–Trinajstić information content (AvgIpc) is 2.78. The number of carbonyl (C=O) groups excluding carboxylic acids is 1. The second-order valence-electron chi connectivity index (χ2n) is 4.98. The van der Waals surface area contributed by atoms with Crippen LogP contribution in [0, 0.1) is 5.92 Å². The summed E-state index contributed by atoms with van der Waals surface area (Å²) in [6.45, 7) is 3.02. The Morgan fingerprint density at radius 3 is 2.94 bits per heavy atom. The molecule has 0 aromatic carbocycles. The van der Waals surface area contributed by atoms with Gasteiger partial charge in [0.25, 0.3) is 0 Å². The highest BCUT2D eigenvalue weighted by molar-refractivity contribution is 5.77. The average molecular weight is 226 g/mol. The molecule has 0 radical (unpaired) electrons. The zero-order chi connectivity index (χ0) is 11.4. The summed E-state index contributed by atoms with van der Waals surface area (Å²) in [4.78, 5) is 14.0. The van der Waals surface area contributed by atoms with Crippen LogP contribution in [-0.4, -0.2) is 48.2 Å². The number of nitrogens with one attached hydrogen (secondary N) is 1. The summed E-state index contributed by atoms with van der Waals surface area (Å²) in [5, 5.41) is 12.5. The van der Waals surface area contributed by atoms with Gasteiger partial charge in [-0.25, -0.2) is 0 Å². The second kappa shape index (κ2) is 5.64. The maximum Gasteiger partial charge on any atom is 0.223 e. The van der Waals surface area contributed by atoms with E-state index in [4.69, 9.17) is 0 Å². The van der Waals surface area contributed by atoms with Gasteiger partial charge in [-0.3, -0.25) is 4.79 Å². The van der Waals surface area contributed by atoms with Crippen molar-refractivity contribution in [1.82, 2.24) is 10.2 Å². The molecule has 92 valence electrons. The van der Waals surface area contributed by atoms with Gasteiger partial charge in [0, 0.05) is 13.0 Å². The van der Waals surface area contributed by atoms with Crippen LogP contribution in [0.15, 0.2) is 0 Å². The van der Waals surface area contributed by atoms with Crippen molar-refractivity contribution in [2.75, 3.05) is 26.2 Å². The molecule has 0 aliphatic carbocycles. The molecule has 0 aromatic heterocycles. The van der Waals surface area contributed by atoms with Crippen molar-refractivity contribution in [1.29, 1.82) is 0 Å². The molecule has 16 heavy (non-hydrogen) atoms. The van der Waals surface area contributed by atoms with E-state index in [1.54, 1.807) is 0 Å². The fourth-order valence-corrected chi connectivity index (χ4v) is 2.82. The van der Waals surface area contributed by atoms with Gasteiger partial charge in [-0.2, -0.15) is 0 Å². The second-order valence-corrected chi connectivity index (χ2v) is 4.98. The molecular weight excluding hydrogens is 204 g/mol. The van der Waals surface area contributed by atoms with Gasteiger partial charge in [-0.15, -0.1) is 0 Å². The van der Waals surface area contributed by atoms with E-state index in [0.717, 1.165) is 38.9 Å². The summed E-state index contributed by atoms with van der Waals surface area (Å²) in [6, 6.07) is 0.0871. The lowest BCUT2D eigenvalue weighted by atomic mass is 9.95. The van der Waals surface area contributed by atoms with E-state index in [1.165, 1.54) is 6.42 Å². The normalized spacial score (nSPS) is 30.7. The minimum absolute atomic E-state index is 0.0871. The molecule has 1 unspecified atom stereocenters. The van der Waals surface area contributed by atoms with Crippen molar-refractivity contribution in [2.45, 2.75) is 38.1 Å². The van der Waals surface area contributed by atoms with Gasteiger partial charge in [-0.05, 0) is 44.7 Å². The first-order valence-electron chi connectivity index (χ1n) is 6.42. The lowest BCUT2D eigenvalue weighted by Crippen LogP contribution is -2.40. The summed E-state index contributed by atoms with van der Waals surface area (Å²) in [7, 11) is 0. The monoisotopic (exact) mass is 226 g/mol. The molecule has 2 atom stereocenters. The van der Waals surface area contributed by atoms with Crippen LogP contribution in [0.4, 0.5) is 0 Å². The lowest BCUT2D eigenvalue weighted by molar-refractivity contribution is -0.133. The zero-order valence-electron chi connectivity index (χ0n) is 9.82. The minimum atomic E-state index is 0.0871. The maximum atomic E-state index is 12.1. The number of amides is 1. The Balaban J connectivity index is 1.82. The molecule has 1 amide bonds. The van der Waals surface area contributed by atoms with E-state index in [-0.39, 0.29) is 18.6 Å². The van der Waals surface area contributed by atoms with E-state index in [0.29, 0.717) is 12.3 Å². The van der Waals surface area contributed by atoms with E-state index in [2.05, 4.69) is 5.32 Å². The van der Waals surface area contributed by atoms with Crippen LogP contribution in [-0.2, 0) is 4.79 Å². The third-order valence-corrected chi connectivity index (χ3v) is 3.77. The predicted octanol–water partition coefficient (Wildman–Crippen LogP) is 0.359. The lowest BCUT2D eigenvalue weighted by Gasteiger charge is -2.27. The fourth-order valence-electron chi connectivity index (χ4n) is 2.82. The minimum Gasteiger partial charge on any atom is -0.394 e.